The number of hydrogen-bond acceptors (Lipinski definition) is 2. The molecular formula is C15H11BrIN3O. The van der Waals surface area contributed by atoms with Crippen molar-refractivity contribution >= 4 is 50.1 Å². The number of benzene rings is 1. The molecule has 0 radical (unpaired) electrons. The maximum absolute atomic E-state index is 12.0. The molecule has 21 heavy (non-hydrogen) atoms. The number of hydrogen-bond donors (Lipinski definition) is 1. The molecule has 1 N–H and O–H groups in total. The molecule has 0 fully saturated rings. The minimum absolute atomic E-state index is 0.0929. The van der Waals surface area contributed by atoms with Crippen molar-refractivity contribution in [1.29, 1.82) is 0 Å². The lowest BCUT2D eigenvalue weighted by atomic mass is 10.2. The zero-order chi connectivity index (χ0) is 14.8. The number of carbonyl (C=O) groups is 1. The summed E-state index contributed by atoms with van der Waals surface area (Å²) in [6.07, 6.45) is 3.85. The van der Waals surface area contributed by atoms with E-state index in [2.05, 4.69) is 48.8 Å². The molecule has 0 bridgehead atoms. The Morgan fingerprint density at radius 2 is 1.95 bits per heavy atom. The van der Waals surface area contributed by atoms with Gasteiger partial charge in [-0.05, 0) is 74.9 Å². The highest BCUT2D eigenvalue weighted by molar-refractivity contribution is 14.1. The number of aromatic nitrogens is 2. The lowest BCUT2D eigenvalue weighted by Gasteiger charge is -2.03. The summed E-state index contributed by atoms with van der Waals surface area (Å²) in [6, 6.07) is 11.3. The molecule has 3 rings (SSSR count). The number of fused-ring (bicyclic) bond motifs is 1. The van der Waals surface area contributed by atoms with Crippen LogP contribution in [0.5, 0.6) is 0 Å². The van der Waals surface area contributed by atoms with Gasteiger partial charge in [-0.3, -0.25) is 4.79 Å². The fourth-order valence-corrected chi connectivity index (χ4v) is 2.69. The van der Waals surface area contributed by atoms with E-state index in [0.29, 0.717) is 12.1 Å². The summed E-state index contributed by atoms with van der Waals surface area (Å²) >= 11 is 5.63. The van der Waals surface area contributed by atoms with Crippen molar-refractivity contribution < 1.29 is 4.79 Å². The first-order valence-electron chi connectivity index (χ1n) is 6.29. The summed E-state index contributed by atoms with van der Waals surface area (Å²) in [5.74, 6) is -0.0929. The molecule has 0 aliphatic rings. The van der Waals surface area contributed by atoms with Gasteiger partial charge in [0.25, 0.3) is 5.91 Å². The summed E-state index contributed by atoms with van der Waals surface area (Å²) in [5, 5.41) is 2.88. The van der Waals surface area contributed by atoms with Crippen molar-refractivity contribution in [3.8, 4) is 0 Å². The molecule has 0 saturated carbocycles. The van der Waals surface area contributed by atoms with Crippen LogP contribution in [-0.2, 0) is 6.54 Å². The quantitative estimate of drug-likeness (QED) is 0.613. The number of rotatable bonds is 3. The van der Waals surface area contributed by atoms with Gasteiger partial charge in [0.05, 0.1) is 12.2 Å². The SMILES string of the molecule is O=C(NCc1cn2cc(Br)ccc2n1)c1ccc(I)cc1. The van der Waals surface area contributed by atoms with Crippen molar-refractivity contribution in [2.24, 2.45) is 0 Å². The van der Waals surface area contributed by atoms with Gasteiger partial charge >= 0.3 is 0 Å². The Balaban J connectivity index is 1.71. The predicted molar refractivity (Wildman–Crippen MR) is 93.2 cm³/mol. The van der Waals surface area contributed by atoms with Gasteiger partial charge in [-0.2, -0.15) is 0 Å². The zero-order valence-electron chi connectivity index (χ0n) is 10.9. The van der Waals surface area contributed by atoms with Crippen molar-refractivity contribution in [2.75, 3.05) is 0 Å². The van der Waals surface area contributed by atoms with E-state index in [1.54, 1.807) is 0 Å². The molecule has 106 valence electrons. The second-order valence-corrected chi connectivity index (χ2v) is 6.70. The van der Waals surface area contributed by atoms with Crippen LogP contribution in [0.3, 0.4) is 0 Å². The largest absolute Gasteiger partial charge is 0.346 e. The molecule has 0 saturated heterocycles. The number of pyridine rings is 1. The summed E-state index contributed by atoms with van der Waals surface area (Å²) in [4.78, 5) is 16.5. The van der Waals surface area contributed by atoms with Crippen LogP contribution in [0, 0.1) is 3.57 Å². The summed E-state index contributed by atoms with van der Waals surface area (Å²) < 4.78 is 4.02. The first-order chi connectivity index (χ1) is 10.1. The third kappa shape index (κ3) is 3.44. The number of imidazole rings is 1. The lowest BCUT2D eigenvalue weighted by Crippen LogP contribution is -2.22. The Morgan fingerprint density at radius 3 is 2.71 bits per heavy atom. The molecular weight excluding hydrogens is 445 g/mol. The third-order valence-electron chi connectivity index (χ3n) is 3.00. The molecule has 0 atom stereocenters. The molecule has 1 aromatic carbocycles. The van der Waals surface area contributed by atoms with E-state index in [-0.39, 0.29) is 5.91 Å². The molecule has 0 unspecified atom stereocenters. The highest BCUT2D eigenvalue weighted by Crippen LogP contribution is 2.12. The van der Waals surface area contributed by atoms with Gasteiger partial charge in [0.15, 0.2) is 0 Å². The van der Waals surface area contributed by atoms with Crippen LogP contribution in [0.25, 0.3) is 5.65 Å². The fraction of sp³-hybridized carbons (Fsp3) is 0.0667. The normalized spacial score (nSPS) is 10.8. The monoisotopic (exact) mass is 455 g/mol. The molecule has 6 heteroatoms. The zero-order valence-corrected chi connectivity index (χ0v) is 14.6. The van der Waals surface area contributed by atoms with Crippen LogP contribution in [0.4, 0.5) is 0 Å². The van der Waals surface area contributed by atoms with Crippen LogP contribution < -0.4 is 5.32 Å². The predicted octanol–water partition coefficient (Wildman–Crippen LogP) is 3.63. The number of nitrogens with zero attached hydrogens (tertiary/aromatic N) is 2. The van der Waals surface area contributed by atoms with Crippen molar-refractivity contribution in [3.05, 3.63) is 68.1 Å². The van der Waals surface area contributed by atoms with Gasteiger partial charge < -0.3 is 9.72 Å². The van der Waals surface area contributed by atoms with Gasteiger partial charge in [0, 0.05) is 26.0 Å². The summed E-state index contributed by atoms with van der Waals surface area (Å²) in [5.41, 5.74) is 2.34. The molecule has 0 aliphatic carbocycles. The highest BCUT2D eigenvalue weighted by Gasteiger charge is 2.07. The highest BCUT2D eigenvalue weighted by atomic mass is 127. The van der Waals surface area contributed by atoms with Crippen LogP contribution in [0.15, 0.2) is 53.3 Å². The van der Waals surface area contributed by atoms with E-state index >= 15 is 0 Å². The average Bonchev–Trinajstić information content (AvgIpc) is 2.87. The molecule has 3 aromatic rings. The standard InChI is InChI=1S/C15H11BrIN3O/c16-11-3-6-14-19-13(9-20(14)8-11)7-18-15(21)10-1-4-12(17)5-2-10/h1-6,8-9H,7H2,(H,18,21). The number of carbonyl (C=O) groups excluding carboxylic acids is 1. The summed E-state index contributed by atoms with van der Waals surface area (Å²) in [7, 11) is 0. The van der Waals surface area contributed by atoms with Crippen molar-refractivity contribution in [3.63, 3.8) is 0 Å². The molecule has 0 aliphatic heterocycles. The van der Waals surface area contributed by atoms with Gasteiger partial charge in [0.1, 0.15) is 5.65 Å². The molecule has 2 aromatic heterocycles. The Bertz CT molecular complexity index is 798. The van der Waals surface area contributed by atoms with E-state index in [1.807, 2.05) is 53.2 Å². The van der Waals surface area contributed by atoms with E-state index in [1.165, 1.54) is 0 Å². The van der Waals surface area contributed by atoms with Crippen LogP contribution >= 0.6 is 38.5 Å². The maximum atomic E-state index is 12.0. The van der Waals surface area contributed by atoms with Gasteiger partial charge in [-0.1, -0.05) is 0 Å². The van der Waals surface area contributed by atoms with E-state index in [4.69, 9.17) is 0 Å². The molecule has 2 heterocycles. The Hall–Kier alpha value is -1.41. The Labute approximate surface area is 143 Å². The first-order valence-corrected chi connectivity index (χ1v) is 8.16. The minimum atomic E-state index is -0.0929. The van der Waals surface area contributed by atoms with Crippen LogP contribution in [-0.4, -0.2) is 15.3 Å². The van der Waals surface area contributed by atoms with E-state index in [0.717, 1.165) is 19.4 Å². The lowest BCUT2D eigenvalue weighted by molar-refractivity contribution is 0.0950. The Kier molecular flexibility index (Phi) is 4.25. The molecule has 0 spiro atoms. The van der Waals surface area contributed by atoms with Gasteiger partial charge in [0.2, 0.25) is 0 Å². The number of amides is 1. The Morgan fingerprint density at radius 1 is 1.19 bits per heavy atom. The average molecular weight is 456 g/mol. The van der Waals surface area contributed by atoms with Crippen LogP contribution in [0.2, 0.25) is 0 Å². The van der Waals surface area contributed by atoms with E-state index in [9.17, 15) is 4.79 Å². The molecule has 4 nitrogen and oxygen atoms in total. The fourth-order valence-electron chi connectivity index (χ4n) is 1.98. The van der Waals surface area contributed by atoms with Gasteiger partial charge in [-0.15, -0.1) is 0 Å². The second kappa shape index (κ2) is 6.15. The third-order valence-corrected chi connectivity index (χ3v) is 4.19. The topological polar surface area (TPSA) is 46.4 Å². The van der Waals surface area contributed by atoms with Crippen molar-refractivity contribution in [2.45, 2.75) is 6.54 Å². The van der Waals surface area contributed by atoms with E-state index < -0.39 is 0 Å². The minimum Gasteiger partial charge on any atom is -0.346 e. The first kappa shape index (κ1) is 14.5. The number of halogens is 2. The smallest absolute Gasteiger partial charge is 0.251 e. The number of nitrogens with one attached hydrogen (secondary N) is 1. The van der Waals surface area contributed by atoms with Gasteiger partial charge in [-0.25, -0.2) is 4.98 Å². The summed E-state index contributed by atoms with van der Waals surface area (Å²) in [6.45, 7) is 0.407. The van der Waals surface area contributed by atoms with Crippen LogP contribution in [0.1, 0.15) is 16.1 Å². The maximum Gasteiger partial charge on any atom is 0.251 e. The second-order valence-electron chi connectivity index (χ2n) is 4.53. The van der Waals surface area contributed by atoms with Crippen molar-refractivity contribution in [1.82, 2.24) is 14.7 Å². The molecule has 1 amide bonds.